The topological polar surface area (TPSA) is 113 Å². The molecule has 0 unspecified atom stereocenters. The molecule has 0 amide bonds. The zero-order valence-corrected chi connectivity index (χ0v) is 17.8. The van der Waals surface area contributed by atoms with Crippen molar-refractivity contribution in [3.05, 3.63) is 37.1 Å². The van der Waals surface area contributed by atoms with Crippen molar-refractivity contribution in [2.75, 3.05) is 39.0 Å². The van der Waals surface area contributed by atoms with Gasteiger partial charge in [0.2, 0.25) is 10.0 Å². The minimum atomic E-state index is -3.09. The fourth-order valence-corrected chi connectivity index (χ4v) is 5.71. The van der Waals surface area contributed by atoms with E-state index in [0.717, 1.165) is 48.2 Å². The van der Waals surface area contributed by atoms with Gasteiger partial charge in [0.15, 0.2) is 0 Å². The van der Waals surface area contributed by atoms with Crippen LogP contribution in [0.3, 0.4) is 0 Å². The Morgan fingerprint density at radius 3 is 2.70 bits per heavy atom. The third kappa shape index (κ3) is 3.24. The van der Waals surface area contributed by atoms with E-state index in [4.69, 9.17) is 5.73 Å². The van der Waals surface area contributed by atoms with Crippen LogP contribution in [0.4, 0.5) is 0 Å². The van der Waals surface area contributed by atoms with Crippen LogP contribution in [-0.2, 0) is 15.6 Å². The first-order valence-corrected chi connectivity index (χ1v) is 12.1. The molecule has 3 aromatic heterocycles. The third-order valence-corrected chi connectivity index (χ3v) is 7.95. The molecule has 10 heteroatoms. The molecule has 0 bridgehead atoms. The maximum Gasteiger partial charge on any atom is 0.211 e. The van der Waals surface area contributed by atoms with Crippen molar-refractivity contribution in [2.45, 2.75) is 24.4 Å². The molecule has 2 fully saturated rings. The van der Waals surface area contributed by atoms with E-state index in [-0.39, 0.29) is 5.54 Å². The molecule has 30 heavy (non-hydrogen) atoms. The molecule has 0 aliphatic carbocycles. The molecular formula is C20H27N7O2S. The number of sulfonamides is 1. The van der Waals surface area contributed by atoms with Crippen LogP contribution in [0.1, 0.15) is 12.8 Å². The first-order chi connectivity index (χ1) is 14.4. The summed E-state index contributed by atoms with van der Waals surface area (Å²) >= 11 is 0. The summed E-state index contributed by atoms with van der Waals surface area (Å²) < 4.78 is 27.3. The first-order valence-electron chi connectivity index (χ1n) is 10.3. The van der Waals surface area contributed by atoms with Gasteiger partial charge >= 0.3 is 0 Å². The van der Waals surface area contributed by atoms with Crippen molar-refractivity contribution < 1.29 is 8.42 Å². The van der Waals surface area contributed by atoms with Gasteiger partial charge in [-0.05, 0) is 25.0 Å². The molecule has 3 aromatic rings. The summed E-state index contributed by atoms with van der Waals surface area (Å²) in [5, 5.41) is 1.00. The van der Waals surface area contributed by atoms with Crippen LogP contribution < -0.4 is 5.73 Å². The molecule has 2 saturated heterocycles. The van der Waals surface area contributed by atoms with Crippen LogP contribution in [0.5, 0.6) is 0 Å². The van der Waals surface area contributed by atoms with Gasteiger partial charge in [0, 0.05) is 68.3 Å². The van der Waals surface area contributed by atoms with E-state index in [0.29, 0.717) is 25.7 Å². The van der Waals surface area contributed by atoms with E-state index in [1.54, 1.807) is 10.6 Å². The van der Waals surface area contributed by atoms with Crippen LogP contribution in [0.2, 0.25) is 0 Å². The Hall–Kier alpha value is -2.27. The van der Waals surface area contributed by atoms with E-state index in [9.17, 15) is 8.42 Å². The summed E-state index contributed by atoms with van der Waals surface area (Å²) in [5.41, 5.74) is 8.89. The number of H-pyrrole nitrogens is 1. The summed E-state index contributed by atoms with van der Waals surface area (Å²) in [6.07, 6.45) is 10.7. The summed E-state index contributed by atoms with van der Waals surface area (Å²) in [6, 6.07) is 4.49. The number of fused-ring (bicyclic) bond motifs is 1. The lowest BCUT2D eigenvalue weighted by Gasteiger charge is -2.54. The highest BCUT2D eigenvalue weighted by molar-refractivity contribution is 7.88. The Morgan fingerprint density at radius 1 is 1.23 bits per heavy atom. The maximum absolute atomic E-state index is 11.7. The fourth-order valence-electron chi connectivity index (χ4n) is 4.84. The molecule has 0 aromatic carbocycles. The summed E-state index contributed by atoms with van der Waals surface area (Å²) in [7, 11) is -3.09. The van der Waals surface area contributed by atoms with Gasteiger partial charge in [0.1, 0.15) is 12.0 Å². The zero-order chi connectivity index (χ0) is 20.9. The van der Waals surface area contributed by atoms with Gasteiger partial charge in [-0.25, -0.2) is 22.7 Å². The van der Waals surface area contributed by atoms with Gasteiger partial charge in [-0.15, -0.1) is 0 Å². The van der Waals surface area contributed by atoms with Crippen molar-refractivity contribution in [2.24, 2.45) is 5.73 Å². The number of hydrogen-bond donors (Lipinski definition) is 2. The molecule has 2 aliphatic rings. The number of likely N-dealkylation sites (tertiary alicyclic amines) is 1. The van der Waals surface area contributed by atoms with E-state index in [2.05, 4.69) is 42.9 Å². The second-order valence-corrected chi connectivity index (χ2v) is 10.5. The second-order valence-electron chi connectivity index (χ2n) is 8.50. The number of piperidine rings is 1. The molecule has 0 spiro atoms. The number of hydrogen-bond acceptors (Lipinski definition) is 6. The van der Waals surface area contributed by atoms with Crippen LogP contribution in [0.15, 0.2) is 37.1 Å². The van der Waals surface area contributed by atoms with Gasteiger partial charge in [0.25, 0.3) is 0 Å². The van der Waals surface area contributed by atoms with Gasteiger partial charge in [-0.3, -0.25) is 4.90 Å². The highest BCUT2D eigenvalue weighted by Crippen LogP contribution is 2.35. The highest BCUT2D eigenvalue weighted by atomic mass is 32.2. The average molecular weight is 430 g/mol. The first kappa shape index (κ1) is 19.7. The summed E-state index contributed by atoms with van der Waals surface area (Å²) in [6.45, 7) is 3.52. The van der Waals surface area contributed by atoms with Crippen LogP contribution >= 0.6 is 0 Å². The van der Waals surface area contributed by atoms with Gasteiger partial charge in [-0.1, -0.05) is 0 Å². The van der Waals surface area contributed by atoms with E-state index in [1.165, 1.54) is 6.26 Å². The molecule has 9 nitrogen and oxygen atoms in total. The third-order valence-electron chi connectivity index (χ3n) is 6.65. The monoisotopic (exact) mass is 429 g/mol. The lowest BCUT2D eigenvalue weighted by molar-refractivity contribution is -0.0285. The van der Waals surface area contributed by atoms with Crippen molar-refractivity contribution in [3.8, 4) is 11.3 Å². The molecule has 2 aliphatic heterocycles. The number of nitrogens with zero attached hydrogens (tertiary/aromatic N) is 5. The predicted octanol–water partition coefficient (Wildman–Crippen LogP) is 0.820. The van der Waals surface area contributed by atoms with Gasteiger partial charge in [-0.2, -0.15) is 0 Å². The van der Waals surface area contributed by atoms with Crippen LogP contribution in [-0.4, -0.2) is 82.2 Å². The van der Waals surface area contributed by atoms with E-state index >= 15 is 0 Å². The van der Waals surface area contributed by atoms with Crippen molar-refractivity contribution >= 4 is 21.1 Å². The maximum atomic E-state index is 11.7. The molecule has 5 rings (SSSR count). The summed E-state index contributed by atoms with van der Waals surface area (Å²) in [4.78, 5) is 14.3. The lowest BCUT2D eigenvalue weighted by Crippen LogP contribution is -2.68. The number of nitrogens with two attached hydrogens (primary N) is 1. The minimum Gasteiger partial charge on any atom is -0.346 e. The largest absolute Gasteiger partial charge is 0.346 e. The molecule has 160 valence electrons. The average Bonchev–Trinajstić information content (AvgIpc) is 3.37. The highest BCUT2D eigenvalue weighted by Gasteiger charge is 2.46. The van der Waals surface area contributed by atoms with Crippen LogP contribution in [0.25, 0.3) is 22.3 Å². The molecule has 0 radical (unpaired) electrons. The molecular weight excluding hydrogens is 402 g/mol. The second kappa shape index (κ2) is 7.16. The predicted molar refractivity (Wildman–Crippen MR) is 115 cm³/mol. The van der Waals surface area contributed by atoms with Gasteiger partial charge in [0.05, 0.1) is 17.5 Å². The minimum absolute atomic E-state index is 0.128. The molecule has 0 saturated carbocycles. The summed E-state index contributed by atoms with van der Waals surface area (Å²) in [5.74, 6) is 0. The smallest absolute Gasteiger partial charge is 0.211 e. The molecule has 0 atom stereocenters. The Balaban J connectivity index is 1.30. The van der Waals surface area contributed by atoms with E-state index < -0.39 is 10.0 Å². The van der Waals surface area contributed by atoms with Crippen molar-refractivity contribution in [1.82, 2.24) is 28.7 Å². The Bertz CT molecular complexity index is 1150. The standard InChI is InChI=1S/C20H27N7O2S/c1-30(28,29)27-8-4-16(5-9-27)25-12-20(11-21,13-25)26-7-3-15(10-26)18-17-2-6-22-19(17)24-14-23-18/h2-3,6-7,10,14,16H,4-5,8-9,11-13,21H2,1H3,(H,22,23,24). The SMILES string of the molecule is CS(=O)(=O)N1CCC(N2CC(CN)(n3ccc(-c4ncnc5[nH]ccc45)c3)C2)CC1. The Morgan fingerprint density at radius 2 is 2.00 bits per heavy atom. The number of nitrogens with one attached hydrogen (secondary N) is 1. The van der Waals surface area contributed by atoms with Gasteiger partial charge < -0.3 is 15.3 Å². The number of aromatic amines is 1. The van der Waals surface area contributed by atoms with E-state index in [1.807, 2.05) is 12.3 Å². The number of aromatic nitrogens is 4. The Labute approximate surface area is 175 Å². The number of rotatable bonds is 5. The molecule has 5 heterocycles. The normalized spacial score (nSPS) is 21.1. The van der Waals surface area contributed by atoms with Crippen molar-refractivity contribution in [1.29, 1.82) is 0 Å². The lowest BCUT2D eigenvalue weighted by atomic mass is 9.86. The quantitative estimate of drug-likeness (QED) is 0.621. The van der Waals surface area contributed by atoms with Crippen LogP contribution in [0, 0.1) is 0 Å². The zero-order valence-electron chi connectivity index (χ0n) is 17.0. The Kier molecular flexibility index (Phi) is 4.69. The fraction of sp³-hybridized carbons (Fsp3) is 0.500. The molecule has 3 N–H and O–H groups in total. The van der Waals surface area contributed by atoms with Crippen molar-refractivity contribution in [3.63, 3.8) is 0 Å².